The predicted molar refractivity (Wildman–Crippen MR) is 73.6 cm³/mol. The fraction of sp³-hybridized carbons (Fsp3) is 0.250. The number of halogens is 1. The second-order valence-corrected chi connectivity index (χ2v) is 5.99. The Kier molecular flexibility index (Phi) is 4.27. The molecule has 0 aliphatic rings. The van der Waals surface area contributed by atoms with E-state index in [4.69, 9.17) is 11.6 Å². The van der Waals surface area contributed by atoms with E-state index >= 15 is 0 Å². The lowest BCUT2D eigenvalue weighted by Crippen LogP contribution is -1.78. The summed E-state index contributed by atoms with van der Waals surface area (Å²) in [5.41, 5.74) is 2.17. The molecule has 1 aromatic heterocycles. The van der Waals surface area contributed by atoms with Crippen LogP contribution in [0.3, 0.4) is 0 Å². The highest BCUT2D eigenvalue weighted by atomic mass is 35.5. The average molecular weight is 270 g/mol. The summed E-state index contributed by atoms with van der Waals surface area (Å²) in [5, 5.41) is 2.86. The summed E-state index contributed by atoms with van der Waals surface area (Å²) in [6.45, 7) is 2.18. The van der Waals surface area contributed by atoms with Gasteiger partial charge in [0.2, 0.25) is 0 Å². The topological polar surface area (TPSA) is 12.9 Å². The van der Waals surface area contributed by atoms with Crippen LogP contribution in [-0.2, 0) is 0 Å². The first kappa shape index (κ1) is 12.0. The molecule has 16 heavy (non-hydrogen) atoms. The number of aromatic nitrogens is 1. The molecule has 1 nitrogen and oxygen atoms in total. The first-order valence-corrected chi connectivity index (χ1v) is 7.38. The summed E-state index contributed by atoms with van der Waals surface area (Å²) in [7, 11) is 0. The highest BCUT2D eigenvalue weighted by Crippen LogP contribution is 2.29. The minimum atomic E-state index is 0.763. The van der Waals surface area contributed by atoms with Crippen LogP contribution in [0.1, 0.15) is 13.3 Å². The Bertz CT molecular complexity index is 450. The molecular weight excluding hydrogens is 258 g/mol. The Morgan fingerprint density at radius 1 is 1.31 bits per heavy atom. The third-order valence-corrected chi connectivity index (χ3v) is 4.53. The van der Waals surface area contributed by atoms with Crippen molar-refractivity contribution in [1.29, 1.82) is 0 Å². The maximum absolute atomic E-state index is 5.85. The van der Waals surface area contributed by atoms with Gasteiger partial charge in [0.15, 0.2) is 4.34 Å². The van der Waals surface area contributed by atoms with Crippen LogP contribution < -0.4 is 0 Å². The van der Waals surface area contributed by atoms with Crippen LogP contribution in [0.25, 0.3) is 11.3 Å². The van der Waals surface area contributed by atoms with E-state index in [1.54, 1.807) is 11.3 Å². The molecule has 0 atom stereocenters. The number of rotatable bonds is 4. The summed E-state index contributed by atoms with van der Waals surface area (Å²) >= 11 is 9.38. The lowest BCUT2D eigenvalue weighted by Gasteiger charge is -1.96. The molecule has 1 aromatic carbocycles. The molecule has 0 amide bonds. The molecule has 0 aliphatic heterocycles. The lowest BCUT2D eigenvalue weighted by atomic mass is 10.2. The maximum atomic E-state index is 5.85. The fourth-order valence-corrected chi connectivity index (χ4v) is 3.15. The second kappa shape index (κ2) is 5.71. The maximum Gasteiger partial charge on any atom is 0.150 e. The zero-order chi connectivity index (χ0) is 11.4. The Balaban J connectivity index is 2.15. The van der Waals surface area contributed by atoms with Crippen molar-refractivity contribution in [2.24, 2.45) is 0 Å². The summed E-state index contributed by atoms with van der Waals surface area (Å²) in [6.07, 6.45) is 1.18. The van der Waals surface area contributed by atoms with Gasteiger partial charge in [0.25, 0.3) is 0 Å². The van der Waals surface area contributed by atoms with Crippen LogP contribution in [0.4, 0.5) is 0 Å². The van der Waals surface area contributed by atoms with Crippen molar-refractivity contribution in [3.8, 4) is 11.3 Å². The van der Waals surface area contributed by atoms with Crippen LogP contribution in [0, 0.1) is 0 Å². The predicted octanol–water partition coefficient (Wildman–Crippen LogP) is 4.97. The van der Waals surface area contributed by atoms with Crippen LogP contribution in [-0.4, -0.2) is 10.7 Å². The average Bonchev–Trinajstić information content (AvgIpc) is 2.76. The van der Waals surface area contributed by atoms with E-state index in [2.05, 4.69) is 17.3 Å². The quantitative estimate of drug-likeness (QED) is 0.727. The van der Waals surface area contributed by atoms with Gasteiger partial charge in [-0.1, -0.05) is 42.4 Å². The Morgan fingerprint density at radius 3 is 2.75 bits per heavy atom. The minimum absolute atomic E-state index is 0.763. The van der Waals surface area contributed by atoms with Crippen molar-refractivity contribution in [3.05, 3.63) is 34.7 Å². The number of hydrogen-bond acceptors (Lipinski definition) is 3. The molecule has 2 aromatic rings. The molecule has 0 bridgehead atoms. The molecule has 2 rings (SSSR count). The molecule has 0 saturated heterocycles. The Hall–Kier alpha value is -0.510. The van der Waals surface area contributed by atoms with Gasteiger partial charge >= 0.3 is 0 Å². The third kappa shape index (κ3) is 3.00. The molecule has 0 saturated carbocycles. The van der Waals surface area contributed by atoms with Gasteiger partial charge < -0.3 is 0 Å². The number of benzene rings is 1. The van der Waals surface area contributed by atoms with Gasteiger partial charge in [0.05, 0.1) is 5.69 Å². The fourth-order valence-electron chi connectivity index (χ4n) is 1.27. The van der Waals surface area contributed by atoms with E-state index in [-0.39, 0.29) is 0 Å². The lowest BCUT2D eigenvalue weighted by molar-refractivity contribution is 1.10. The number of hydrogen-bond donors (Lipinski definition) is 0. The molecule has 0 radical (unpaired) electrons. The van der Waals surface area contributed by atoms with Gasteiger partial charge in [0, 0.05) is 21.7 Å². The van der Waals surface area contributed by atoms with Crippen LogP contribution >= 0.6 is 34.7 Å². The third-order valence-electron chi connectivity index (χ3n) is 2.05. The first-order valence-electron chi connectivity index (χ1n) is 5.14. The smallest absolute Gasteiger partial charge is 0.150 e. The Labute approximate surface area is 109 Å². The number of thiazole rings is 1. The summed E-state index contributed by atoms with van der Waals surface area (Å²) in [5.74, 6) is 1.13. The number of nitrogens with zero attached hydrogens (tertiary/aromatic N) is 1. The van der Waals surface area contributed by atoms with Crippen molar-refractivity contribution >= 4 is 34.7 Å². The minimum Gasteiger partial charge on any atom is -0.230 e. The van der Waals surface area contributed by atoms with Crippen molar-refractivity contribution < 1.29 is 0 Å². The first-order chi connectivity index (χ1) is 7.79. The molecule has 1 heterocycles. The van der Waals surface area contributed by atoms with Gasteiger partial charge in [-0.25, -0.2) is 4.98 Å². The molecule has 0 N–H and O–H groups in total. The normalized spacial score (nSPS) is 10.6. The van der Waals surface area contributed by atoms with Gasteiger partial charge in [0.1, 0.15) is 0 Å². The molecule has 0 aliphatic carbocycles. The molecule has 0 unspecified atom stereocenters. The van der Waals surface area contributed by atoms with Gasteiger partial charge in [-0.3, -0.25) is 0 Å². The van der Waals surface area contributed by atoms with Crippen molar-refractivity contribution in [3.63, 3.8) is 0 Å². The van der Waals surface area contributed by atoms with Gasteiger partial charge in [-0.05, 0) is 18.6 Å². The molecule has 0 spiro atoms. The van der Waals surface area contributed by atoms with E-state index in [0.717, 1.165) is 26.4 Å². The summed E-state index contributed by atoms with van der Waals surface area (Å²) < 4.78 is 1.15. The monoisotopic (exact) mass is 269 g/mol. The second-order valence-electron chi connectivity index (χ2n) is 3.35. The van der Waals surface area contributed by atoms with Crippen LogP contribution in [0.15, 0.2) is 34.0 Å². The van der Waals surface area contributed by atoms with Crippen molar-refractivity contribution in [2.45, 2.75) is 17.7 Å². The summed E-state index contributed by atoms with van der Waals surface area (Å²) in [4.78, 5) is 4.59. The molecule has 0 fully saturated rings. The zero-order valence-corrected chi connectivity index (χ0v) is 11.3. The SMILES string of the molecule is CCCSc1nc(-c2ccc(Cl)cc2)cs1. The zero-order valence-electron chi connectivity index (χ0n) is 8.94. The molecule has 84 valence electrons. The van der Waals surface area contributed by atoms with E-state index in [1.807, 2.05) is 36.0 Å². The van der Waals surface area contributed by atoms with E-state index in [1.165, 1.54) is 6.42 Å². The Morgan fingerprint density at radius 2 is 2.06 bits per heavy atom. The van der Waals surface area contributed by atoms with Crippen LogP contribution in [0.5, 0.6) is 0 Å². The van der Waals surface area contributed by atoms with Crippen LogP contribution in [0.2, 0.25) is 5.02 Å². The summed E-state index contributed by atoms with van der Waals surface area (Å²) in [6, 6.07) is 7.81. The van der Waals surface area contributed by atoms with Crippen molar-refractivity contribution in [2.75, 3.05) is 5.75 Å². The van der Waals surface area contributed by atoms with Crippen molar-refractivity contribution in [1.82, 2.24) is 4.98 Å². The van der Waals surface area contributed by atoms with Gasteiger partial charge in [-0.2, -0.15) is 0 Å². The number of thioether (sulfide) groups is 1. The largest absolute Gasteiger partial charge is 0.230 e. The van der Waals surface area contributed by atoms with E-state index in [9.17, 15) is 0 Å². The molecule has 4 heteroatoms. The van der Waals surface area contributed by atoms with E-state index < -0.39 is 0 Å². The van der Waals surface area contributed by atoms with Gasteiger partial charge in [-0.15, -0.1) is 11.3 Å². The highest BCUT2D eigenvalue weighted by Gasteiger charge is 2.04. The molecular formula is C12H12ClNS2. The van der Waals surface area contributed by atoms with E-state index in [0.29, 0.717) is 0 Å². The highest BCUT2D eigenvalue weighted by molar-refractivity contribution is 8.01. The standard InChI is InChI=1S/C12H12ClNS2/c1-2-7-15-12-14-11(8-16-12)9-3-5-10(13)6-4-9/h3-6,8H,2,7H2,1H3.